The molecule has 1 aromatic carbocycles. The van der Waals surface area contributed by atoms with E-state index in [0.717, 1.165) is 24.2 Å². The van der Waals surface area contributed by atoms with Crippen molar-refractivity contribution in [3.05, 3.63) is 44.6 Å². The molecular formula is C14H12Cl2N2O3S2. The van der Waals surface area contributed by atoms with Crippen molar-refractivity contribution in [1.29, 1.82) is 0 Å². The second kappa shape index (κ2) is 6.32. The van der Waals surface area contributed by atoms with Gasteiger partial charge in [0.2, 0.25) is 0 Å². The first-order valence-electron chi connectivity index (χ1n) is 6.74. The molecule has 0 atom stereocenters. The minimum Gasteiger partial charge on any atom is -0.349 e. The van der Waals surface area contributed by atoms with E-state index in [4.69, 9.17) is 23.2 Å². The third-order valence-electron chi connectivity index (χ3n) is 3.23. The van der Waals surface area contributed by atoms with Crippen LogP contribution in [-0.2, 0) is 10.0 Å². The monoisotopic (exact) mass is 390 g/mol. The topological polar surface area (TPSA) is 75.3 Å². The number of carbonyl (C=O) groups excluding carboxylic acids is 1. The fraction of sp³-hybridized carbons (Fsp3) is 0.214. The van der Waals surface area contributed by atoms with Gasteiger partial charge in [-0.1, -0.05) is 23.2 Å². The Labute approximate surface area is 147 Å². The van der Waals surface area contributed by atoms with Crippen LogP contribution in [0, 0.1) is 0 Å². The predicted molar refractivity (Wildman–Crippen MR) is 92.1 cm³/mol. The lowest BCUT2D eigenvalue weighted by Crippen LogP contribution is -2.25. The molecule has 1 amide bonds. The molecule has 0 unspecified atom stereocenters. The van der Waals surface area contributed by atoms with Crippen LogP contribution >= 0.6 is 34.5 Å². The normalized spacial score (nSPS) is 14.5. The predicted octanol–water partition coefficient (Wildman–Crippen LogP) is 3.75. The number of halogens is 2. The van der Waals surface area contributed by atoms with Crippen LogP contribution in [0.15, 0.2) is 35.2 Å². The number of sulfonamides is 1. The summed E-state index contributed by atoms with van der Waals surface area (Å²) in [6.45, 7) is 0. The third-order valence-corrected chi connectivity index (χ3v) is 6.36. The zero-order chi connectivity index (χ0) is 16.6. The maximum atomic E-state index is 12.3. The number of carbonyl (C=O) groups is 1. The van der Waals surface area contributed by atoms with E-state index in [1.54, 1.807) is 12.1 Å². The molecule has 9 heteroatoms. The van der Waals surface area contributed by atoms with E-state index in [0.29, 0.717) is 15.6 Å². The molecule has 1 fully saturated rings. The van der Waals surface area contributed by atoms with Gasteiger partial charge in [-0.3, -0.25) is 9.52 Å². The number of amides is 1. The second-order valence-electron chi connectivity index (χ2n) is 5.12. The van der Waals surface area contributed by atoms with E-state index in [-0.39, 0.29) is 21.2 Å². The number of nitrogens with one attached hydrogen (secondary N) is 2. The van der Waals surface area contributed by atoms with Crippen LogP contribution in [0.3, 0.4) is 0 Å². The molecule has 0 bridgehead atoms. The van der Waals surface area contributed by atoms with Gasteiger partial charge in [-0.2, -0.15) is 0 Å². The summed E-state index contributed by atoms with van der Waals surface area (Å²) in [6.07, 6.45) is 2.02. The van der Waals surface area contributed by atoms with Crippen LogP contribution < -0.4 is 10.0 Å². The lowest BCUT2D eigenvalue weighted by molar-refractivity contribution is 0.0951. The van der Waals surface area contributed by atoms with E-state index in [2.05, 4.69) is 10.0 Å². The Morgan fingerprint density at radius 1 is 1.17 bits per heavy atom. The van der Waals surface area contributed by atoms with Gasteiger partial charge in [0.1, 0.15) is 9.23 Å². The molecule has 23 heavy (non-hydrogen) atoms. The molecule has 0 saturated heterocycles. The minimum absolute atomic E-state index is 0.0651. The Kier molecular flexibility index (Phi) is 4.55. The maximum Gasteiger partial charge on any atom is 0.264 e. The van der Waals surface area contributed by atoms with Crippen molar-refractivity contribution >= 4 is 56.2 Å². The lowest BCUT2D eigenvalue weighted by Gasteiger charge is -2.08. The first-order valence-corrected chi connectivity index (χ1v) is 9.79. The van der Waals surface area contributed by atoms with Crippen molar-refractivity contribution in [2.24, 2.45) is 0 Å². The molecule has 1 aliphatic rings. The molecule has 0 spiro atoms. The molecule has 3 rings (SSSR count). The fourth-order valence-corrected chi connectivity index (χ4v) is 5.11. The summed E-state index contributed by atoms with van der Waals surface area (Å²) >= 11 is 12.6. The van der Waals surface area contributed by atoms with Crippen molar-refractivity contribution in [3.8, 4) is 0 Å². The summed E-state index contributed by atoms with van der Waals surface area (Å²) in [5.74, 6) is -0.158. The maximum absolute atomic E-state index is 12.3. The first kappa shape index (κ1) is 16.6. The Balaban J connectivity index is 1.74. The molecule has 2 aromatic rings. The number of anilines is 1. The van der Waals surface area contributed by atoms with E-state index in [1.807, 2.05) is 0 Å². The van der Waals surface area contributed by atoms with Gasteiger partial charge in [0.15, 0.2) is 0 Å². The van der Waals surface area contributed by atoms with Gasteiger partial charge in [0, 0.05) is 17.3 Å². The van der Waals surface area contributed by atoms with E-state index >= 15 is 0 Å². The number of hydrogen-bond acceptors (Lipinski definition) is 4. The molecule has 0 radical (unpaired) electrons. The highest BCUT2D eigenvalue weighted by atomic mass is 35.5. The van der Waals surface area contributed by atoms with E-state index in [1.165, 1.54) is 18.2 Å². The molecule has 1 saturated carbocycles. The summed E-state index contributed by atoms with van der Waals surface area (Å²) in [4.78, 5) is 11.8. The van der Waals surface area contributed by atoms with Crippen LogP contribution in [0.5, 0.6) is 0 Å². The molecule has 1 heterocycles. The summed E-state index contributed by atoms with van der Waals surface area (Å²) in [7, 11) is -3.82. The smallest absolute Gasteiger partial charge is 0.264 e. The highest BCUT2D eigenvalue weighted by Crippen LogP contribution is 2.35. The third kappa shape index (κ3) is 3.98. The number of rotatable bonds is 5. The minimum atomic E-state index is -3.82. The molecular weight excluding hydrogens is 379 g/mol. The number of thiophene rings is 1. The summed E-state index contributed by atoms with van der Waals surface area (Å²) < 4.78 is 27.4. The van der Waals surface area contributed by atoms with Crippen molar-refractivity contribution < 1.29 is 13.2 Å². The van der Waals surface area contributed by atoms with Gasteiger partial charge < -0.3 is 5.32 Å². The molecule has 0 aliphatic heterocycles. The Bertz CT molecular complexity index is 843. The van der Waals surface area contributed by atoms with Crippen LogP contribution in [0.4, 0.5) is 5.69 Å². The van der Waals surface area contributed by atoms with E-state index in [9.17, 15) is 13.2 Å². The van der Waals surface area contributed by atoms with E-state index < -0.39 is 10.0 Å². The van der Waals surface area contributed by atoms with Gasteiger partial charge in [-0.05, 0) is 43.2 Å². The zero-order valence-corrected chi connectivity index (χ0v) is 14.8. The summed E-state index contributed by atoms with van der Waals surface area (Å²) in [5.41, 5.74) is 0.822. The molecule has 122 valence electrons. The number of hydrogen-bond donors (Lipinski definition) is 2. The van der Waals surface area contributed by atoms with Gasteiger partial charge in [0.25, 0.3) is 15.9 Å². The van der Waals surface area contributed by atoms with Gasteiger partial charge in [0.05, 0.1) is 4.34 Å². The number of benzene rings is 1. The second-order valence-corrected chi connectivity index (χ2v) is 9.06. The SMILES string of the molecule is O=C(NC1CC1)c1ccc(NS(=O)(=O)c2cc(Cl)sc2Cl)cc1. The van der Waals surface area contributed by atoms with Crippen molar-refractivity contribution in [3.63, 3.8) is 0 Å². The lowest BCUT2D eigenvalue weighted by atomic mass is 10.2. The molecule has 1 aromatic heterocycles. The van der Waals surface area contributed by atoms with Crippen molar-refractivity contribution in [2.45, 2.75) is 23.8 Å². The Hall–Kier alpha value is -1.28. The first-order chi connectivity index (χ1) is 10.8. The Morgan fingerprint density at radius 2 is 1.83 bits per heavy atom. The standard InChI is InChI=1S/C14H12Cl2N2O3S2/c15-12-7-11(13(16)22-12)23(20,21)18-10-3-1-8(2-4-10)14(19)17-9-5-6-9/h1-4,7,9,18H,5-6H2,(H,17,19). The van der Waals surface area contributed by atoms with Crippen molar-refractivity contribution in [2.75, 3.05) is 4.72 Å². The average Bonchev–Trinajstić information content (AvgIpc) is 3.21. The van der Waals surface area contributed by atoms with Gasteiger partial charge in [-0.15, -0.1) is 11.3 Å². The molecule has 5 nitrogen and oxygen atoms in total. The van der Waals surface area contributed by atoms with Crippen molar-refractivity contribution in [1.82, 2.24) is 5.32 Å². The van der Waals surface area contributed by atoms with Crippen LogP contribution in [0.2, 0.25) is 8.67 Å². The zero-order valence-electron chi connectivity index (χ0n) is 11.7. The quantitative estimate of drug-likeness (QED) is 0.815. The fourth-order valence-electron chi connectivity index (χ4n) is 1.90. The molecule has 2 N–H and O–H groups in total. The Morgan fingerprint density at radius 3 is 2.35 bits per heavy atom. The summed E-state index contributed by atoms with van der Waals surface area (Å²) in [5, 5.41) is 2.87. The van der Waals surface area contributed by atoms with Crippen LogP contribution in [0.1, 0.15) is 23.2 Å². The highest BCUT2D eigenvalue weighted by Gasteiger charge is 2.24. The summed E-state index contributed by atoms with van der Waals surface area (Å²) in [6, 6.07) is 7.76. The highest BCUT2D eigenvalue weighted by molar-refractivity contribution is 7.93. The largest absolute Gasteiger partial charge is 0.349 e. The van der Waals surface area contributed by atoms with Gasteiger partial charge in [-0.25, -0.2) is 8.42 Å². The van der Waals surface area contributed by atoms with Crippen LogP contribution in [-0.4, -0.2) is 20.4 Å². The molecule has 1 aliphatic carbocycles. The van der Waals surface area contributed by atoms with Gasteiger partial charge >= 0.3 is 0 Å². The average molecular weight is 391 g/mol. The van der Waals surface area contributed by atoms with Crippen LogP contribution in [0.25, 0.3) is 0 Å².